The molecule has 1 aromatic heterocycles. The number of terminal acetylenes is 1. The van der Waals surface area contributed by atoms with Crippen molar-refractivity contribution in [2.45, 2.75) is 20.8 Å². The van der Waals surface area contributed by atoms with Crippen LogP contribution < -0.4 is 5.32 Å². The van der Waals surface area contributed by atoms with Gasteiger partial charge in [0.25, 0.3) is 5.91 Å². The van der Waals surface area contributed by atoms with Gasteiger partial charge >= 0.3 is 5.97 Å². The number of aryl methyl sites for hydroxylation is 1. The van der Waals surface area contributed by atoms with Gasteiger partial charge in [0.1, 0.15) is 5.69 Å². The Kier molecular flexibility index (Phi) is 5.09. The number of amides is 1. The lowest BCUT2D eigenvalue weighted by Crippen LogP contribution is -2.29. The number of carbonyl (C=O) groups excluding carboxylic acids is 3. The Hall–Kier alpha value is -2.55. The fraction of sp³-hybridized carbons (Fsp3) is 0.357. The number of ketones is 1. The number of esters is 1. The van der Waals surface area contributed by atoms with E-state index in [1.54, 1.807) is 13.8 Å². The van der Waals surface area contributed by atoms with Crippen molar-refractivity contribution < 1.29 is 19.1 Å². The van der Waals surface area contributed by atoms with Crippen molar-refractivity contribution in [2.75, 3.05) is 13.2 Å². The van der Waals surface area contributed by atoms with Crippen LogP contribution in [0.25, 0.3) is 0 Å². The average molecular weight is 276 g/mol. The van der Waals surface area contributed by atoms with Crippen LogP contribution in [0.3, 0.4) is 0 Å². The number of aromatic nitrogens is 1. The molecule has 0 aliphatic rings. The van der Waals surface area contributed by atoms with E-state index < -0.39 is 18.5 Å². The van der Waals surface area contributed by atoms with Crippen LogP contribution in [-0.4, -0.2) is 35.8 Å². The van der Waals surface area contributed by atoms with E-state index in [0.29, 0.717) is 16.8 Å². The summed E-state index contributed by atoms with van der Waals surface area (Å²) in [5.74, 6) is 0.929. The highest BCUT2D eigenvalue weighted by molar-refractivity contribution is 6.01. The second-order valence-electron chi connectivity index (χ2n) is 4.24. The lowest BCUT2D eigenvalue weighted by atomic mass is 10.1. The van der Waals surface area contributed by atoms with Crippen LogP contribution in [0.4, 0.5) is 0 Å². The van der Waals surface area contributed by atoms with Gasteiger partial charge in [0.15, 0.2) is 12.4 Å². The van der Waals surface area contributed by atoms with Crippen molar-refractivity contribution >= 4 is 17.7 Å². The molecule has 1 rings (SSSR count). The number of hydrogen-bond donors (Lipinski definition) is 2. The smallest absolute Gasteiger partial charge is 0.355 e. The number of nitrogens with one attached hydrogen (secondary N) is 2. The summed E-state index contributed by atoms with van der Waals surface area (Å²) < 4.78 is 4.85. The highest BCUT2D eigenvalue weighted by Crippen LogP contribution is 2.19. The first-order chi connectivity index (χ1) is 9.38. The second-order valence-corrected chi connectivity index (χ2v) is 4.24. The van der Waals surface area contributed by atoms with Crippen LogP contribution >= 0.6 is 0 Å². The molecule has 0 radical (unpaired) electrons. The Balaban J connectivity index is 2.75. The van der Waals surface area contributed by atoms with Crippen LogP contribution in [0.1, 0.15) is 39.0 Å². The molecule has 0 saturated carbocycles. The Morgan fingerprint density at radius 1 is 1.35 bits per heavy atom. The van der Waals surface area contributed by atoms with Gasteiger partial charge in [-0.15, -0.1) is 6.42 Å². The predicted molar refractivity (Wildman–Crippen MR) is 72.4 cm³/mol. The predicted octanol–water partition coefficient (Wildman–Crippen LogP) is 0.740. The zero-order valence-electron chi connectivity index (χ0n) is 11.6. The molecule has 0 fully saturated rings. The third-order valence-corrected chi connectivity index (χ3v) is 2.72. The van der Waals surface area contributed by atoms with Crippen molar-refractivity contribution in [2.24, 2.45) is 0 Å². The van der Waals surface area contributed by atoms with Gasteiger partial charge in [-0.2, -0.15) is 0 Å². The molecule has 0 spiro atoms. The number of Topliss-reactive ketones (excluding diaryl/α,β-unsaturated/α-hetero) is 1. The zero-order chi connectivity index (χ0) is 15.3. The lowest BCUT2D eigenvalue weighted by molar-refractivity contribution is -0.123. The molecule has 1 heterocycles. The van der Waals surface area contributed by atoms with Crippen molar-refractivity contribution in [1.29, 1.82) is 0 Å². The number of aromatic amines is 1. The summed E-state index contributed by atoms with van der Waals surface area (Å²) in [7, 11) is 0. The van der Waals surface area contributed by atoms with Crippen LogP contribution in [-0.2, 0) is 9.53 Å². The van der Waals surface area contributed by atoms with Crippen molar-refractivity contribution in [3.63, 3.8) is 0 Å². The molecular weight excluding hydrogens is 260 g/mol. The molecule has 6 nitrogen and oxygen atoms in total. The largest absolute Gasteiger partial charge is 0.451 e. The highest BCUT2D eigenvalue weighted by atomic mass is 16.5. The maximum absolute atomic E-state index is 11.8. The van der Waals surface area contributed by atoms with Gasteiger partial charge < -0.3 is 15.0 Å². The highest BCUT2D eigenvalue weighted by Gasteiger charge is 2.21. The topological polar surface area (TPSA) is 88.3 Å². The summed E-state index contributed by atoms with van der Waals surface area (Å²) in [6.45, 7) is 4.42. The Morgan fingerprint density at radius 2 is 2.00 bits per heavy atom. The molecule has 0 aliphatic heterocycles. The van der Waals surface area contributed by atoms with E-state index in [9.17, 15) is 14.4 Å². The van der Waals surface area contributed by atoms with E-state index in [4.69, 9.17) is 11.2 Å². The molecule has 106 valence electrons. The molecule has 1 amide bonds. The molecule has 20 heavy (non-hydrogen) atoms. The second kappa shape index (κ2) is 6.57. The molecule has 0 unspecified atom stereocenters. The summed E-state index contributed by atoms with van der Waals surface area (Å²) in [6.07, 6.45) is 4.98. The normalized spacial score (nSPS) is 9.70. The third-order valence-electron chi connectivity index (χ3n) is 2.72. The fourth-order valence-corrected chi connectivity index (χ4v) is 1.89. The van der Waals surface area contributed by atoms with Gasteiger partial charge in [0.2, 0.25) is 0 Å². The molecule has 0 atom stereocenters. The maximum Gasteiger partial charge on any atom is 0.355 e. The molecular formula is C14H16N2O4. The minimum atomic E-state index is -0.686. The molecule has 0 aromatic carbocycles. The van der Waals surface area contributed by atoms with Crippen molar-refractivity contribution in [3.8, 4) is 12.3 Å². The number of hydrogen-bond acceptors (Lipinski definition) is 4. The number of H-pyrrole nitrogens is 1. The van der Waals surface area contributed by atoms with E-state index >= 15 is 0 Å². The lowest BCUT2D eigenvalue weighted by Gasteiger charge is -2.04. The number of rotatable bonds is 5. The van der Waals surface area contributed by atoms with Crippen LogP contribution in [0.5, 0.6) is 0 Å². The molecule has 2 N–H and O–H groups in total. The van der Waals surface area contributed by atoms with Gasteiger partial charge in [0, 0.05) is 11.3 Å². The molecule has 0 aliphatic carbocycles. The molecule has 1 aromatic rings. The van der Waals surface area contributed by atoms with Crippen molar-refractivity contribution in [1.82, 2.24) is 10.3 Å². The van der Waals surface area contributed by atoms with E-state index in [-0.39, 0.29) is 18.0 Å². The number of ether oxygens (including phenoxy) is 1. The summed E-state index contributed by atoms with van der Waals surface area (Å²) in [4.78, 5) is 37.4. The number of carbonyl (C=O) groups is 3. The van der Waals surface area contributed by atoms with E-state index in [1.807, 2.05) is 0 Å². The monoisotopic (exact) mass is 276 g/mol. The van der Waals surface area contributed by atoms with Crippen LogP contribution in [0, 0.1) is 26.2 Å². The minimum Gasteiger partial charge on any atom is -0.451 e. The van der Waals surface area contributed by atoms with Gasteiger partial charge in [-0.25, -0.2) is 4.79 Å². The molecule has 0 bridgehead atoms. The SMILES string of the molecule is C#CCNC(=O)COC(=O)c1[nH]c(C)c(C(C)=O)c1C. The quantitative estimate of drug-likeness (QED) is 0.471. The first kappa shape index (κ1) is 15.5. The van der Waals surface area contributed by atoms with Crippen LogP contribution in [0.15, 0.2) is 0 Å². The standard InChI is InChI=1S/C14H16N2O4/c1-5-6-15-11(18)7-20-14(19)13-8(2)12(10(4)17)9(3)16-13/h1,16H,6-7H2,2-4H3,(H,15,18). The van der Waals surface area contributed by atoms with E-state index in [2.05, 4.69) is 16.2 Å². The molecule has 6 heteroatoms. The van der Waals surface area contributed by atoms with Gasteiger partial charge in [-0.1, -0.05) is 5.92 Å². The zero-order valence-corrected chi connectivity index (χ0v) is 11.6. The summed E-state index contributed by atoms with van der Waals surface area (Å²) in [5, 5.41) is 2.37. The summed E-state index contributed by atoms with van der Waals surface area (Å²) >= 11 is 0. The van der Waals surface area contributed by atoms with E-state index in [0.717, 1.165) is 0 Å². The average Bonchev–Trinajstić information content (AvgIpc) is 2.68. The third kappa shape index (κ3) is 3.48. The van der Waals surface area contributed by atoms with Gasteiger partial charge in [-0.3, -0.25) is 9.59 Å². The maximum atomic E-state index is 11.8. The Morgan fingerprint density at radius 3 is 2.50 bits per heavy atom. The fourth-order valence-electron chi connectivity index (χ4n) is 1.89. The van der Waals surface area contributed by atoms with Crippen LogP contribution in [0.2, 0.25) is 0 Å². The summed E-state index contributed by atoms with van der Waals surface area (Å²) in [6, 6.07) is 0. The Labute approximate surface area is 116 Å². The van der Waals surface area contributed by atoms with Gasteiger partial charge in [-0.05, 0) is 26.3 Å². The van der Waals surface area contributed by atoms with E-state index in [1.165, 1.54) is 6.92 Å². The first-order valence-electron chi connectivity index (χ1n) is 5.95. The first-order valence-corrected chi connectivity index (χ1v) is 5.95. The Bertz CT molecular complexity index is 593. The van der Waals surface area contributed by atoms with Crippen molar-refractivity contribution in [3.05, 3.63) is 22.5 Å². The summed E-state index contributed by atoms with van der Waals surface area (Å²) in [5.41, 5.74) is 1.76. The molecule has 0 saturated heterocycles. The van der Waals surface area contributed by atoms with Gasteiger partial charge in [0.05, 0.1) is 6.54 Å². The minimum absolute atomic E-state index is 0.0749.